The molecule has 126 valence electrons. The zero-order valence-electron chi connectivity index (χ0n) is 13.3. The number of likely N-dealkylation sites (N-methyl/N-ethyl adjacent to an activating group) is 1. The van der Waals surface area contributed by atoms with Crippen LogP contribution >= 0.6 is 0 Å². The van der Waals surface area contributed by atoms with Crippen LogP contribution in [0.25, 0.3) is 0 Å². The van der Waals surface area contributed by atoms with Gasteiger partial charge in [0.1, 0.15) is 11.5 Å². The van der Waals surface area contributed by atoms with Gasteiger partial charge in [-0.1, -0.05) is 12.1 Å². The first-order chi connectivity index (χ1) is 11.5. The fraction of sp³-hybridized carbons (Fsp3) is 0.294. The third kappa shape index (κ3) is 3.41. The van der Waals surface area contributed by atoms with Crippen molar-refractivity contribution in [3.63, 3.8) is 0 Å². The second-order valence-electron chi connectivity index (χ2n) is 5.73. The van der Waals surface area contributed by atoms with E-state index in [4.69, 9.17) is 14.9 Å². The first-order valence-corrected chi connectivity index (χ1v) is 7.61. The number of nitrogens with zero attached hydrogens (tertiary/aromatic N) is 2. The van der Waals surface area contributed by atoms with Crippen LogP contribution in [0.1, 0.15) is 5.76 Å². The summed E-state index contributed by atoms with van der Waals surface area (Å²) in [6, 6.07) is 10.8. The van der Waals surface area contributed by atoms with Gasteiger partial charge in [-0.25, -0.2) is 0 Å². The highest BCUT2D eigenvalue weighted by atomic mass is 16.5. The van der Waals surface area contributed by atoms with Crippen LogP contribution in [0.15, 0.2) is 47.1 Å². The highest BCUT2D eigenvalue weighted by molar-refractivity contribution is 5.98. The first kappa shape index (κ1) is 16.1. The molecule has 1 aromatic carbocycles. The smallest absolute Gasteiger partial charge is 0.260 e. The van der Waals surface area contributed by atoms with Gasteiger partial charge in [-0.15, -0.1) is 0 Å². The van der Waals surface area contributed by atoms with E-state index in [0.29, 0.717) is 18.0 Å². The quantitative estimate of drug-likeness (QED) is 0.884. The molecule has 1 atom stereocenters. The average Bonchev–Trinajstić information content (AvgIpc) is 3.06. The molecule has 3 rings (SSSR count). The lowest BCUT2D eigenvalue weighted by Crippen LogP contribution is -2.51. The van der Waals surface area contributed by atoms with Crippen LogP contribution in [0.4, 0.5) is 5.69 Å². The molecule has 0 saturated carbocycles. The van der Waals surface area contributed by atoms with Crippen molar-refractivity contribution in [2.24, 2.45) is 5.73 Å². The number of primary amides is 1. The molecule has 0 bridgehead atoms. The zero-order chi connectivity index (χ0) is 17.1. The van der Waals surface area contributed by atoms with Crippen LogP contribution in [0.3, 0.4) is 0 Å². The molecule has 7 nitrogen and oxygen atoms in total. The number of benzene rings is 1. The Morgan fingerprint density at radius 1 is 1.29 bits per heavy atom. The summed E-state index contributed by atoms with van der Waals surface area (Å²) in [4.78, 5) is 27.6. The number of rotatable bonds is 5. The molecule has 1 unspecified atom stereocenters. The first-order valence-electron chi connectivity index (χ1n) is 7.61. The lowest BCUT2D eigenvalue weighted by Gasteiger charge is -2.34. The highest BCUT2D eigenvalue weighted by Gasteiger charge is 2.32. The minimum Gasteiger partial charge on any atom is -0.477 e. The summed E-state index contributed by atoms with van der Waals surface area (Å²) in [6.45, 7) is 0.810. The Balaban J connectivity index is 1.74. The molecule has 2 amide bonds. The molecule has 7 heteroatoms. The van der Waals surface area contributed by atoms with Crippen LogP contribution in [0.5, 0.6) is 5.75 Å². The number of anilines is 1. The van der Waals surface area contributed by atoms with E-state index in [1.54, 1.807) is 35.4 Å². The largest absolute Gasteiger partial charge is 0.477 e. The number of amides is 2. The van der Waals surface area contributed by atoms with Crippen LogP contribution in [0.2, 0.25) is 0 Å². The molecule has 0 fully saturated rings. The Morgan fingerprint density at radius 3 is 2.79 bits per heavy atom. The van der Waals surface area contributed by atoms with Gasteiger partial charge in [-0.3, -0.25) is 14.5 Å². The maximum absolute atomic E-state index is 12.7. The number of fused-ring (bicyclic) bond motifs is 1. The number of carbonyl (C=O) groups excluding carboxylic acids is 2. The number of furan rings is 1. The van der Waals surface area contributed by atoms with E-state index in [9.17, 15) is 9.59 Å². The van der Waals surface area contributed by atoms with Gasteiger partial charge in [0.15, 0.2) is 6.10 Å². The molecule has 2 aromatic rings. The van der Waals surface area contributed by atoms with Crippen molar-refractivity contribution in [3.05, 3.63) is 48.4 Å². The predicted molar refractivity (Wildman–Crippen MR) is 87.4 cm³/mol. The van der Waals surface area contributed by atoms with Gasteiger partial charge in [-0.05, 0) is 31.3 Å². The third-order valence-corrected chi connectivity index (χ3v) is 3.80. The van der Waals surface area contributed by atoms with E-state index < -0.39 is 12.0 Å². The number of ether oxygens (including phenoxy) is 1. The molecule has 1 aliphatic rings. The maximum atomic E-state index is 12.7. The Labute approximate surface area is 139 Å². The van der Waals surface area contributed by atoms with E-state index in [1.165, 1.54) is 0 Å². The van der Waals surface area contributed by atoms with Crippen molar-refractivity contribution in [2.45, 2.75) is 12.6 Å². The lowest BCUT2D eigenvalue weighted by molar-refractivity contribution is -0.125. The molecule has 2 N–H and O–H groups in total. The minimum atomic E-state index is -0.848. The zero-order valence-corrected chi connectivity index (χ0v) is 13.3. The van der Waals surface area contributed by atoms with Gasteiger partial charge in [0.25, 0.3) is 5.91 Å². The summed E-state index contributed by atoms with van der Waals surface area (Å²) >= 11 is 0. The number of nitrogens with two attached hydrogens (primary N) is 1. The van der Waals surface area contributed by atoms with Gasteiger partial charge < -0.3 is 19.8 Å². The Morgan fingerprint density at radius 2 is 2.08 bits per heavy atom. The monoisotopic (exact) mass is 329 g/mol. The normalized spacial score (nSPS) is 16.6. The van der Waals surface area contributed by atoms with Crippen molar-refractivity contribution < 1.29 is 18.7 Å². The summed E-state index contributed by atoms with van der Waals surface area (Å²) in [5.41, 5.74) is 6.00. The van der Waals surface area contributed by atoms with Gasteiger partial charge in [0.05, 0.1) is 31.6 Å². The number of para-hydroxylation sites is 2. The van der Waals surface area contributed by atoms with Crippen molar-refractivity contribution in [3.8, 4) is 5.75 Å². The fourth-order valence-electron chi connectivity index (χ4n) is 2.66. The van der Waals surface area contributed by atoms with Crippen LogP contribution in [-0.2, 0) is 16.1 Å². The highest BCUT2D eigenvalue weighted by Crippen LogP contribution is 2.33. The second kappa shape index (κ2) is 6.76. The van der Waals surface area contributed by atoms with Crippen molar-refractivity contribution >= 4 is 17.5 Å². The molecule has 24 heavy (non-hydrogen) atoms. The number of hydrogen-bond acceptors (Lipinski definition) is 5. The Hall–Kier alpha value is -2.80. The van der Waals surface area contributed by atoms with E-state index in [-0.39, 0.29) is 19.0 Å². The molecule has 0 radical (unpaired) electrons. The number of hydrogen-bond donors (Lipinski definition) is 1. The predicted octanol–water partition coefficient (Wildman–Crippen LogP) is 0.991. The molecule has 2 heterocycles. The topological polar surface area (TPSA) is 89.0 Å². The summed E-state index contributed by atoms with van der Waals surface area (Å²) in [5, 5.41) is 0. The van der Waals surface area contributed by atoms with E-state index in [2.05, 4.69) is 0 Å². The van der Waals surface area contributed by atoms with E-state index in [1.807, 2.05) is 24.1 Å². The fourth-order valence-corrected chi connectivity index (χ4v) is 2.66. The summed E-state index contributed by atoms with van der Waals surface area (Å²) < 4.78 is 10.9. The molecule has 1 aliphatic heterocycles. The standard InChI is InChI=1S/C17H19N3O4/c1-19(9-12-5-4-8-23-12)11-16(21)20-10-15(17(18)22)24-14-7-3-2-6-13(14)20/h2-8,15H,9-11H2,1H3,(H2,18,22). The Bertz CT molecular complexity index is 729. The lowest BCUT2D eigenvalue weighted by atomic mass is 10.1. The summed E-state index contributed by atoms with van der Waals surface area (Å²) in [6.07, 6.45) is 0.750. The van der Waals surface area contributed by atoms with Crippen molar-refractivity contribution in [1.29, 1.82) is 0 Å². The Kier molecular flexibility index (Phi) is 4.52. The van der Waals surface area contributed by atoms with Crippen LogP contribution in [-0.4, -0.2) is 43.0 Å². The van der Waals surface area contributed by atoms with Gasteiger partial charge >= 0.3 is 0 Å². The van der Waals surface area contributed by atoms with Gasteiger partial charge in [0, 0.05) is 0 Å². The molecule has 0 saturated heterocycles. The van der Waals surface area contributed by atoms with E-state index >= 15 is 0 Å². The van der Waals surface area contributed by atoms with Crippen LogP contribution < -0.4 is 15.4 Å². The molecule has 0 aliphatic carbocycles. The third-order valence-electron chi connectivity index (χ3n) is 3.80. The SMILES string of the molecule is CN(CC(=O)N1CC(C(N)=O)Oc2ccccc21)Cc1ccco1. The molecular weight excluding hydrogens is 310 g/mol. The molecule has 1 aromatic heterocycles. The minimum absolute atomic E-state index is 0.111. The molecule has 0 spiro atoms. The van der Waals surface area contributed by atoms with Gasteiger partial charge in [-0.2, -0.15) is 0 Å². The van der Waals surface area contributed by atoms with Gasteiger partial charge in [0.2, 0.25) is 5.91 Å². The summed E-state index contributed by atoms with van der Waals surface area (Å²) in [7, 11) is 1.83. The van der Waals surface area contributed by atoms with Crippen molar-refractivity contribution in [1.82, 2.24) is 4.90 Å². The van der Waals surface area contributed by atoms with E-state index in [0.717, 1.165) is 5.76 Å². The average molecular weight is 329 g/mol. The molecular formula is C17H19N3O4. The maximum Gasteiger partial charge on any atom is 0.260 e. The number of carbonyl (C=O) groups is 2. The van der Waals surface area contributed by atoms with Crippen LogP contribution in [0, 0.1) is 0 Å². The second-order valence-corrected chi connectivity index (χ2v) is 5.73. The van der Waals surface area contributed by atoms with Crippen molar-refractivity contribution in [2.75, 3.05) is 25.0 Å². The summed E-state index contributed by atoms with van der Waals surface area (Å²) in [5.74, 6) is 0.537.